The van der Waals surface area contributed by atoms with Crippen molar-refractivity contribution in [2.45, 2.75) is 111 Å². The van der Waals surface area contributed by atoms with Crippen molar-refractivity contribution in [3.05, 3.63) is 11.6 Å². The maximum atomic E-state index is 11.9. The minimum atomic E-state index is -1.20. The fraction of sp³-hybridized carbons (Fsp3) is 0.778. The number of carbonyl (C=O) groups is 1. The minimum absolute atomic E-state index is 0.229. The molecular weight excluding hydrogens is 470 g/mol. The average molecular weight is 514 g/mol. The zero-order chi connectivity index (χ0) is 26.5. The topological polar surface area (TPSA) is 126 Å². The smallest absolute Gasteiger partial charge is 0.382 e. The molecular formula is C27H43N7O3. The molecule has 0 aromatic carbocycles. The summed E-state index contributed by atoms with van der Waals surface area (Å²) < 4.78 is 2.18. The number of hydroxylamine groups is 1. The van der Waals surface area contributed by atoms with E-state index in [1.54, 1.807) is 0 Å². The molecule has 0 spiro atoms. The Kier molecular flexibility index (Phi) is 6.85. The SMILES string of the molecule is CC1CCC(Cn2c(C(C)(O)C(C)(C)C)nc3nc(C4NOC(=O)N4)nc(N[C@H](C)C4CCC4)c32)CC1. The zero-order valence-electron chi connectivity index (χ0n) is 23.1. The normalized spacial score (nSPS) is 27.3. The molecule has 4 N–H and O–H groups in total. The van der Waals surface area contributed by atoms with Crippen molar-refractivity contribution in [1.29, 1.82) is 0 Å². The first-order chi connectivity index (χ1) is 17.4. The van der Waals surface area contributed by atoms with E-state index < -0.39 is 23.3 Å². The number of fused-ring (bicyclic) bond motifs is 1. The van der Waals surface area contributed by atoms with E-state index in [9.17, 15) is 9.90 Å². The summed E-state index contributed by atoms with van der Waals surface area (Å²) in [5.41, 5.74) is 2.34. The number of hydrogen-bond acceptors (Lipinski definition) is 8. The lowest BCUT2D eigenvalue weighted by Crippen LogP contribution is -2.40. The van der Waals surface area contributed by atoms with Gasteiger partial charge in [0.15, 0.2) is 23.5 Å². The van der Waals surface area contributed by atoms with Crippen LogP contribution in [0.4, 0.5) is 10.6 Å². The number of hydrogen-bond donors (Lipinski definition) is 4. The Bertz CT molecular complexity index is 1140. The summed E-state index contributed by atoms with van der Waals surface area (Å²) in [6.07, 6.45) is 7.18. The number of aliphatic hydroxyl groups is 1. The van der Waals surface area contributed by atoms with Crippen LogP contribution in [0.15, 0.2) is 0 Å². The molecule has 2 saturated carbocycles. The number of anilines is 1. The Labute approximate surface area is 219 Å². The van der Waals surface area contributed by atoms with Crippen molar-refractivity contribution in [2.24, 2.45) is 23.2 Å². The predicted molar refractivity (Wildman–Crippen MR) is 141 cm³/mol. The molecule has 10 heteroatoms. The van der Waals surface area contributed by atoms with Gasteiger partial charge < -0.3 is 19.8 Å². The molecule has 10 nitrogen and oxygen atoms in total. The Balaban J connectivity index is 1.64. The van der Waals surface area contributed by atoms with Gasteiger partial charge >= 0.3 is 6.09 Å². The number of carbonyl (C=O) groups excluding carboxylic acids is 1. The summed E-state index contributed by atoms with van der Waals surface area (Å²) in [5, 5.41) is 18.2. The van der Waals surface area contributed by atoms with E-state index in [1.165, 1.54) is 32.1 Å². The van der Waals surface area contributed by atoms with Crippen LogP contribution < -0.4 is 16.1 Å². The third-order valence-corrected chi connectivity index (χ3v) is 9.10. The number of aromatic nitrogens is 4. The Morgan fingerprint density at radius 1 is 1.11 bits per heavy atom. The number of amides is 1. The summed E-state index contributed by atoms with van der Waals surface area (Å²) >= 11 is 0. The van der Waals surface area contributed by atoms with Crippen molar-refractivity contribution in [1.82, 2.24) is 30.3 Å². The van der Waals surface area contributed by atoms with Gasteiger partial charge in [-0.05, 0) is 62.7 Å². The molecule has 2 unspecified atom stereocenters. The molecule has 37 heavy (non-hydrogen) atoms. The van der Waals surface area contributed by atoms with Gasteiger partial charge in [-0.1, -0.05) is 47.0 Å². The number of rotatable bonds is 7. The number of nitrogens with zero attached hydrogens (tertiary/aromatic N) is 4. The van der Waals surface area contributed by atoms with Crippen molar-refractivity contribution < 1.29 is 14.7 Å². The maximum absolute atomic E-state index is 11.9. The zero-order valence-corrected chi connectivity index (χ0v) is 23.1. The molecule has 5 rings (SSSR count). The Hall–Kier alpha value is -2.46. The first kappa shape index (κ1) is 26.2. The highest BCUT2D eigenvalue weighted by molar-refractivity contribution is 5.84. The summed E-state index contributed by atoms with van der Waals surface area (Å²) in [5.74, 6) is 3.53. The van der Waals surface area contributed by atoms with Crippen LogP contribution in [0.25, 0.3) is 11.2 Å². The van der Waals surface area contributed by atoms with E-state index in [0.29, 0.717) is 34.9 Å². The van der Waals surface area contributed by atoms with Crippen molar-refractivity contribution in [3.63, 3.8) is 0 Å². The highest BCUT2D eigenvalue weighted by Gasteiger charge is 2.43. The van der Waals surface area contributed by atoms with Crippen LogP contribution in [-0.2, 0) is 17.0 Å². The highest BCUT2D eigenvalue weighted by Crippen LogP contribution is 2.42. The quantitative estimate of drug-likeness (QED) is 0.418. The van der Waals surface area contributed by atoms with Gasteiger partial charge in [-0.25, -0.2) is 19.7 Å². The third kappa shape index (κ3) is 5.02. The standard InChI is InChI=1S/C27H43N7O3/c1-15-10-12-17(13-11-15)14-34-19-20(28-16(2)18-8-7-9-18)29-22(23-32-25(35)37-33-23)30-21(19)31-24(34)27(6,36)26(3,4)5/h15-18,23,33,36H,7-14H2,1-6H3,(H,32,35)(H,28,29,30)/t15?,16-,17?,23?,27?/m1/s1. The summed E-state index contributed by atoms with van der Waals surface area (Å²) in [6.45, 7) is 13.2. The van der Waals surface area contributed by atoms with Crippen molar-refractivity contribution in [3.8, 4) is 0 Å². The van der Waals surface area contributed by atoms with Gasteiger partial charge in [-0.2, -0.15) is 0 Å². The molecule has 3 fully saturated rings. The lowest BCUT2D eigenvalue weighted by atomic mass is 9.77. The molecule has 0 radical (unpaired) electrons. The fourth-order valence-corrected chi connectivity index (χ4v) is 5.62. The molecule has 0 bridgehead atoms. The van der Waals surface area contributed by atoms with Crippen LogP contribution in [0, 0.1) is 23.2 Å². The first-order valence-electron chi connectivity index (χ1n) is 13.9. The van der Waals surface area contributed by atoms with E-state index in [2.05, 4.69) is 34.5 Å². The second-order valence-corrected chi connectivity index (χ2v) is 12.8. The van der Waals surface area contributed by atoms with Crippen LogP contribution >= 0.6 is 0 Å². The van der Waals surface area contributed by atoms with E-state index >= 15 is 0 Å². The van der Waals surface area contributed by atoms with Gasteiger partial charge in [0, 0.05) is 12.6 Å². The first-order valence-corrected chi connectivity index (χ1v) is 13.9. The second kappa shape index (κ2) is 9.69. The molecule has 204 valence electrons. The summed E-state index contributed by atoms with van der Waals surface area (Å²) in [6, 6.07) is 0.229. The molecule has 3 aliphatic rings. The monoisotopic (exact) mass is 513 g/mol. The molecule has 2 aromatic heterocycles. The van der Waals surface area contributed by atoms with Gasteiger partial charge in [0.25, 0.3) is 0 Å². The molecule has 3 heterocycles. The van der Waals surface area contributed by atoms with Gasteiger partial charge in [-0.3, -0.25) is 5.32 Å². The van der Waals surface area contributed by atoms with Crippen molar-refractivity contribution >= 4 is 23.1 Å². The van der Waals surface area contributed by atoms with Crippen LogP contribution in [0.1, 0.15) is 104 Å². The molecule has 2 aliphatic carbocycles. The van der Waals surface area contributed by atoms with Crippen molar-refractivity contribution in [2.75, 3.05) is 5.32 Å². The molecule has 2 aromatic rings. The van der Waals surface area contributed by atoms with Crippen LogP contribution in [0.2, 0.25) is 0 Å². The largest absolute Gasteiger partial charge is 0.427 e. The van der Waals surface area contributed by atoms with E-state index in [4.69, 9.17) is 19.8 Å². The number of imidazole rings is 1. The van der Waals surface area contributed by atoms with E-state index in [0.717, 1.165) is 30.8 Å². The summed E-state index contributed by atoms with van der Waals surface area (Å²) in [7, 11) is 0. The van der Waals surface area contributed by atoms with Crippen LogP contribution in [-0.4, -0.2) is 36.8 Å². The molecule has 1 aliphatic heterocycles. The van der Waals surface area contributed by atoms with E-state index in [1.807, 2.05) is 27.7 Å². The fourth-order valence-electron chi connectivity index (χ4n) is 5.62. The van der Waals surface area contributed by atoms with Crippen LogP contribution in [0.5, 0.6) is 0 Å². The number of nitrogens with one attached hydrogen (secondary N) is 3. The average Bonchev–Trinajstić information content (AvgIpc) is 3.37. The summed E-state index contributed by atoms with van der Waals surface area (Å²) in [4.78, 5) is 31.2. The Morgan fingerprint density at radius 2 is 1.81 bits per heavy atom. The van der Waals surface area contributed by atoms with Crippen LogP contribution in [0.3, 0.4) is 0 Å². The predicted octanol–water partition coefficient (Wildman–Crippen LogP) is 4.75. The second-order valence-electron chi connectivity index (χ2n) is 12.8. The Morgan fingerprint density at radius 3 is 2.38 bits per heavy atom. The third-order valence-electron chi connectivity index (χ3n) is 9.10. The van der Waals surface area contributed by atoms with Gasteiger partial charge in [0.2, 0.25) is 0 Å². The lowest BCUT2D eigenvalue weighted by molar-refractivity contribution is -0.0573. The minimum Gasteiger partial charge on any atom is -0.382 e. The maximum Gasteiger partial charge on any atom is 0.427 e. The molecule has 1 amide bonds. The van der Waals surface area contributed by atoms with Gasteiger partial charge in [-0.15, -0.1) is 5.48 Å². The molecule has 3 atom stereocenters. The molecule has 1 saturated heterocycles. The lowest BCUT2D eigenvalue weighted by Gasteiger charge is -2.37. The highest BCUT2D eigenvalue weighted by atomic mass is 16.7. The van der Waals surface area contributed by atoms with Gasteiger partial charge in [0.1, 0.15) is 16.9 Å². The van der Waals surface area contributed by atoms with Gasteiger partial charge in [0.05, 0.1) is 0 Å². The van der Waals surface area contributed by atoms with E-state index in [-0.39, 0.29) is 6.04 Å².